The summed E-state index contributed by atoms with van der Waals surface area (Å²) in [5.41, 5.74) is 6.10. The van der Waals surface area contributed by atoms with Crippen molar-refractivity contribution in [3.8, 4) is 0 Å². The van der Waals surface area contributed by atoms with Gasteiger partial charge in [-0.1, -0.05) is 20.8 Å². The molecule has 4 aliphatic carbocycles. The van der Waals surface area contributed by atoms with Crippen molar-refractivity contribution in [1.82, 2.24) is 0 Å². The van der Waals surface area contributed by atoms with E-state index in [9.17, 15) is 0 Å². The Morgan fingerprint density at radius 2 is 1.40 bits per heavy atom. The number of rotatable bonds is 0. The first-order valence-electron chi connectivity index (χ1n) is 6.22. The summed E-state index contributed by atoms with van der Waals surface area (Å²) in [7, 11) is 0. The van der Waals surface area contributed by atoms with Crippen LogP contribution >= 0.6 is 0 Å². The van der Waals surface area contributed by atoms with Crippen LogP contribution in [-0.2, 0) is 0 Å². The van der Waals surface area contributed by atoms with Crippen LogP contribution in [0.3, 0.4) is 0 Å². The molecule has 2 atom stereocenters. The lowest BCUT2D eigenvalue weighted by atomic mass is 9.38. The van der Waals surface area contributed by atoms with Crippen molar-refractivity contribution in [2.24, 2.45) is 22.7 Å². The Hall–Kier alpha value is -0.110. The third kappa shape index (κ3) is 1.12. The molecular weight excluding hydrogens is 189 g/mol. The maximum Gasteiger partial charge on any atom is 0.101 e. The molecule has 4 fully saturated rings. The van der Waals surface area contributed by atoms with Gasteiger partial charge in [-0.2, -0.15) is 0 Å². The van der Waals surface area contributed by atoms with E-state index in [1.165, 1.54) is 32.1 Å². The Morgan fingerprint density at radius 3 is 1.80 bits per heavy atom. The van der Waals surface area contributed by atoms with E-state index >= 15 is 0 Å². The van der Waals surface area contributed by atoms with Gasteiger partial charge in [0.1, 0.15) is 5.54 Å². The summed E-state index contributed by atoms with van der Waals surface area (Å²) >= 11 is 0. The van der Waals surface area contributed by atoms with Crippen LogP contribution < -0.4 is 10.4 Å². The van der Waals surface area contributed by atoms with Crippen LogP contribution in [0.5, 0.6) is 0 Å². The lowest BCUT2D eigenvalue weighted by molar-refractivity contribution is -0.543. The van der Waals surface area contributed by atoms with Gasteiger partial charge in [-0.15, -0.1) is 0 Å². The normalized spacial score (nSPS) is 55.2. The molecule has 3 N–H and O–H groups in total. The van der Waals surface area contributed by atoms with E-state index in [1.54, 1.807) is 0 Å². The van der Waals surface area contributed by atoms with Crippen molar-refractivity contribution < 1.29 is 10.4 Å². The first-order chi connectivity index (χ1) is 6.36. The fraction of sp³-hybridized carbons (Fsp3) is 1.00. The number of hydrogen-bond acceptors (Lipinski definition) is 0. The third-order valence-corrected chi connectivity index (χ3v) is 6.34. The van der Waals surface area contributed by atoms with Crippen LogP contribution in [-0.4, -0.2) is 5.54 Å². The third-order valence-electron chi connectivity index (χ3n) is 6.34. The Morgan fingerprint density at radius 1 is 0.933 bits per heavy atom. The summed E-state index contributed by atoms with van der Waals surface area (Å²) in [6.45, 7) is 7.50. The largest absolute Gasteiger partial charge is 1.00 e. The molecular formula is C13H24FN. The summed E-state index contributed by atoms with van der Waals surface area (Å²) in [4.78, 5) is 0. The molecule has 4 rings (SSSR count). The molecule has 0 heterocycles. The van der Waals surface area contributed by atoms with Gasteiger partial charge in [-0.05, 0) is 36.5 Å². The SMILES string of the molecule is CC12CC3CC(C1)CC([NH3+])(C3)C2(C)C.[F-]. The van der Waals surface area contributed by atoms with Crippen molar-refractivity contribution in [1.29, 1.82) is 0 Å². The standard InChI is InChI=1S/C13H23N.FH/c1-11(2)12(3)5-9-4-10(6-12)8-13(11,14)7-9;/h9-10H,4-8,14H2,1-3H3;1H. The number of quaternary nitrogens is 1. The van der Waals surface area contributed by atoms with E-state index in [1.807, 2.05) is 0 Å². The second kappa shape index (κ2) is 2.77. The number of halogens is 1. The molecule has 88 valence electrons. The fourth-order valence-corrected chi connectivity index (χ4v) is 5.16. The molecule has 0 aromatic heterocycles. The molecule has 4 bridgehead atoms. The zero-order valence-corrected chi connectivity index (χ0v) is 10.3. The van der Waals surface area contributed by atoms with Crippen LogP contribution in [0.15, 0.2) is 0 Å². The van der Waals surface area contributed by atoms with Crippen LogP contribution in [0.2, 0.25) is 0 Å². The molecule has 15 heavy (non-hydrogen) atoms. The van der Waals surface area contributed by atoms with Gasteiger partial charge in [0, 0.05) is 18.3 Å². The van der Waals surface area contributed by atoms with Crippen molar-refractivity contribution in [2.75, 3.05) is 0 Å². The van der Waals surface area contributed by atoms with E-state index in [4.69, 9.17) is 0 Å². The van der Waals surface area contributed by atoms with Crippen LogP contribution in [0, 0.1) is 22.7 Å². The molecule has 2 unspecified atom stereocenters. The zero-order chi connectivity index (χ0) is 10.2. The molecule has 0 aromatic carbocycles. The molecule has 0 amide bonds. The fourth-order valence-electron chi connectivity index (χ4n) is 5.16. The van der Waals surface area contributed by atoms with Gasteiger partial charge in [0.25, 0.3) is 0 Å². The first kappa shape index (κ1) is 11.4. The topological polar surface area (TPSA) is 27.6 Å². The van der Waals surface area contributed by atoms with Crippen LogP contribution in [0.1, 0.15) is 52.9 Å². The zero-order valence-electron chi connectivity index (χ0n) is 10.3. The molecule has 4 saturated carbocycles. The Kier molecular flexibility index (Phi) is 2.10. The summed E-state index contributed by atoms with van der Waals surface area (Å²) in [6.07, 6.45) is 7.29. The Balaban J connectivity index is 0.000000853. The highest BCUT2D eigenvalue weighted by Gasteiger charge is 2.67. The first-order valence-corrected chi connectivity index (χ1v) is 6.22. The summed E-state index contributed by atoms with van der Waals surface area (Å²) in [6, 6.07) is 0. The monoisotopic (exact) mass is 213 g/mol. The molecule has 1 nitrogen and oxygen atoms in total. The maximum atomic E-state index is 4.63. The van der Waals surface area contributed by atoms with E-state index < -0.39 is 0 Å². The van der Waals surface area contributed by atoms with Crippen molar-refractivity contribution in [3.63, 3.8) is 0 Å². The highest BCUT2D eigenvalue weighted by molar-refractivity contribution is 5.15. The Labute approximate surface area is 92.2 Å². The molecule has 0 aromatic rings. The molecule has 0 spiro atoms. The van der Waals surface area contributed by atoms with Gasteiger partial charge in [0.05, 0.1) is 0 Å². The average Bonchev–Trinajstić information content (AvgIpc) is 1.98. The second-order valence-electron chi connectivity index (χ2n) is 7.25. The molecule has 0 saturated heterocycles. The molecule has 2 heteroatoms. The predicted octanol–water partition coefficient (Wildman–Crippen LogP) is -0.773. The van der Waals surface area contributed by atoms with Gasteiger partial charge in [0.2, 0.25) is 0 Å². The maximum absolute atomic E-state index is 4.63. The van der Waals surface area contributed by atoms with Gasteiger partial charge in [-0.3, -0.25) is 0 Å². The lowest BCUT2D eigenvalue weighted by Gasteiger charge is -2.67. The average molecular weight is 213 g/mol. The lowest BCUT2D eigenvalue weighted by Crippen LogP contribution is -3.00. The van der Waals surface area contributed by atoms with Gasteiger partial charge in [0.15, 0.2) is 0 Å². The summed E-state index contributed by atoms with van der Waals surface area (Å²) in [5.74, 6) is 2.02. The van der Waals surface area contributed by atoms with Gasteiger partial charge in [-0.25, -0.2) is 0 Å². The number of hydrogen-bond donors (Lipinski definition) is 1. The van der Waals surface area contributed by atoms with Crippen molar-refractivity contribution >= 4 is 0 Å². The van der Waals surface area contributed by atoms with E-state index in [-0.39, 0.29) is 4.70 Å². The summed E-state index contributed by atoms with van der Waals surface area (Å²) in [5, 5.41) is 0. The minimum atomic E-state index is 0. The highest BCUT2D eigenvalue weighted by Crippen LogP contribution is 2.68. The Bertz CT molecular complexity index is 246. The van der Waals surface area contributed by atoms with Crippen molar-refractivity contribution in [2.45, 2.75) is 58.4 Å². The van der Waals surface area contributed by atoms with Crippen molar-refractivity contribution in [3.05, 3.63) is 0 Å². The minimum absolute atomic E-state index is 0. The van der Waals surface area contributed by atoms with E-state index in [0.29, 0.717) is 16.4 Å². The summed E-state index contributed by atoms with van der Waals surface area (Å²) < 4.78 is 0. The molecule has 0 aliphatic heterocycles. The van der Waals surface area contributed by atoms with Gasteiger partial charge >= 0.3 is 0 Å². The molecule has 0 radical (unpaired) electrons. The quantitative estimate of drug-likeness (QED) is 0.547. The van der Waals surface area contributed by atoms with E-state index in [2.05, 4.69) is 26.5 Å². The van der Waals surface area contributed by atoms with E-state index in [0.717, 1.165) is 11.8 Å². The van der Waals surface area contributed by atoms with Crippen LogP contribution in [0.25, 0.3) is 0 Å². The predicted molar refractivity (Wildman–Crippen MR) is 57.6 cm³/mol. The smallest absolute Gasteiger partial charge is 0.101 e. The van der Waals surface area contributed by atoms with Crippen LogP contribution in [0.4, 0.5) is 0 Å². The highest BCUT2D eigenvalue weighted by atomic mass is 19.0. The van der Waals surface area contributed by atoms with Gasteiger partial charge < -0.3 is 10.4 Å². The second-order valence-corrected chi connectivity index (χ2v) is 7.25. The molecule has 4 aliphatic rings. The minimum Gasteiger partial charge on any atom is -1.00 e.